The maximum atomic E-state index is 12.5. The Morgan fingerprint density at radius 3 is 2.32 bits per heavy atom. The molecule has 0 spiro atoms. The van der Waals surface area contributed by atoms with Gasteiger partial charge in [-0.1, -0.05) is 48.0 Å². The summed E-state index contributed by atoms with van der Waals surface area (Å²) in [5.74, 6) is 0.168. The maximum Gasteiger partial charge on any atom is 0.265 e. The molecule has 0 bridgehead atoms. The quantitative estimate of drug-likeness (QED) is 0.560. The minimum Gasteiger partial charge on any atom is -0.481 e. The Morgan fingerprint density at radius 2 is 1.65 bits per heavy atom. The normalized spacial score (nSPS) is 11.5. The van der Waals surface area contributed by atoms with Crippen LogP contribution in [0.1, 0.15) is 34.0 Å². The van der Waals surface area contributed by atoms with Crippen molar-refractivity contribution in [1.29, 1.82) is 0 Å². The summed E-state index contributed by atoms with van der Waals surface area (Å²) in [7, 11) is 0. The maximum absolute atomic E-state index is 12.5. The highest BCUT2D eigenvalue weighted by Crippen LogP contribution is 2.18. The molecule has 31 heavy (non-hydrogen) atoms. The molecule has 0 aliphatic rings. The number of hydrogen-bond donors (Lipinski definition) is 2. The topological polar surface area (TPSA) is 67.4 Å². The molecule has 0 heterocycles. The van der Waals surface area contributed by atoms with Crippen LogP contribution in [0.3, 0.4) is 0 Å². The molecule has 5 heteroatoms. The lowest BCUT2D eigenvalue weighted by molar-refractivity contribution is -0.122. The van der Waals surface area contributed by atoms with E-state index in [1.165, 1.54) is 5.56 Å². The van der Waals surface area contributed by atoms with Crippen LogP contribution < -0.4 is 15.4 Å². The van der Waals surface area contributed by atoms with Gasteiger partial charge in [0.2, 0.25) is 0 Å². The van der Waals surface area contributed by atoms with Gasteiger partial charge in [-0.25, -0.2) is 0 Å². The number of benzene rings is 3. The first-order valence-electron chi connectivity index (χ1n) is 10.4. The fourth-order valence-corrected chi connectivity index (χ4v) is 3.20. The van der Waals surface area contributed by atoms with Crippen LogP contribution in [0.5, 0.6) is 5.75 Å². The van der Waals surface area contributed by atoms with Gasteiger partial charge >= 0.3 is 0 Å². The van der Waals surface area contributed by atoms with E-state index in [9.17, 15) is 9.59 Å². The van der Waals surface area contributed by atoms with E-state index < -0.39 is 6.10 Å². The molecule has 0 aromatic heterocycles. The van der Waals surface area contributed by atoms with Crippen molar-refractivity contribution in [1.82, 2.24) is 5.32 Å². The Kier molecular flexibility index (Phi) is 7.44. The highest BCUT2D eigenvalue weighted by atomic mass is 16.5. The first-order valence-corrected chi connectivity index (χ1v) is 10.4. The Labute approximate surface area is 183 Å². The molecule has 3 aromatic carbocycles. The average Bonchev–Trinajstić information content (AvgIpc) is 2.76. The van der Waals surface area contributed by atoms with Crippen molar-refractivity contribution in [3.63, 3.8) is 0 Å². The van der Waals surface area contributed by atoms with Crippen LogP contribution >= 0.6 is 0 Å². The minimum atomic E-state index is -0.675. The van der Waals surface area contributed by atoms with E-state index >= 15 is 0 Å². The SMILES string of the molecule is Cc1ccc(NC(=O)C(C)Oc2ccc(C(=O)NCCc3ccccc3)cc2)c(C)c1. The third kappa shape index (κ3) is 6.44. The number of anilines is 1. The Bertz CT molecular complexity index is 1030. The molecule has 0 radical (unpaired) electrons. The number of carbonyl (C=O) groups excluding carboxylic acids is 2. The lowest BCUT2D eigenvalue weighted by Crippen LogP contribution is -2.30. The van der Waals surface area contributed by atoms with E-state index in [1.807, 2.05) is 62.4 Å². The lowest BCUT2D eigenvalue weighted by Gasteiger charge is -2.16. The molecule has 1 atom stereocenters. The van der Waals surface area contributed by atoms with Crippen LogP contribution in [0.25, 0.3) is 0 Å². The van der Waals surface area contributed by atoms with Gasteiger partial charge in [0, 0.05) is 17.8 Å². The summed E-state index contributed by atoms with van der Waals surface area (Å²) in [4.78, 5) is 24.8. The second kappa shape index (κ2) is 10.4. The smallest absolute Gasteiger partial charge is 0.265 e. The highest BCUT2D eigenvalue weighted by molar-refractivity contribution is 5.95. The van der Waals surface area contributed by atoms with Crippen LogP contribution in [0, 0.1) is 13.8 Å². The summed E-state index contributed by atoms with van der Waals surface area (Å²) in [6, 6.07) is 22.7. The van der Waals surface area contributed by atoms with Gasteiger partial charge in [-0.2, -0.15) is 0 Å². The van der Waals surface area contributed by atoms with E-state index in [-0.39, 0.29) is 11.8 Å². The van der Waals surface area contributed by atoms with Gasteiger partial charge in [0.15, 0.2) is 6.10 Å². The largest absolute Gasteiger partial charge is 0.481 e. The molecular formula is C26H28N2O3. The van der Waals surface area contributed by atoms with Crippen LogP contribution in [0.2, 0.25) is 0 Å². The van der Waals surface area contributed by atoms with E-state index in [4.69, 9.17) is 4.74 Å². The molecule has 0 saturated carbocycles. The second-order valence-corrected chi connectivity index (χ2v) is 7.58. The van der Waals surface area contributed by atoms with Crippen molar-refractivity contribution in [3.05, 3.63) is 95.1 Å². The number of aryl methyl sites for hydroxylation is 2. The van der Waals surface area contributed by atoms with Gasteiger partial charge in [-0.3, -0.25) is 9.59 Å². The molecule has 160 valence electrons. The number of rotatable bonds is 8. The van der Waals surface area contributed by atoms with Crippen LogP contribution in [-0.4, -0.2) is 24.5 Å². The molecule has 0 saturated heterocycles. The summed E-state index contributed by atoms with van der Waals surface area (Å²) in [5, 5.41) is 5.81. The molecule has 5 nitrogen and oxygen atoms in total. The molecular weight excluding hydrogens is 388 g/mol. The van der Waals surface area contributed by atoms with E-state index in [1.54, 1.807) is 31.2 Å². The number of carbonyl (C=O) groups is 2. The molecule has 2 N–H and O–H groups in total. The summed E-state index contributed by atoms with van der Waals surface area (Å²) >= 11 is 0. The Balaban J connectivity index is 1.49. The molecule has 2 amide bonds. The fraction of sp³-hybridized carbons (Fsp3) is 0.231. The van der Waals surface area contributed by atoms with Crippen LogP contribution in [0.15, 0.2) is 72.8 Å². The number of amides is 2. The van der Waals surface area contributed by atoms with E-state index in [2.05, 4.69) is 10.6 Å². The van der Waals surface area contributed by atoms with Crippen molar-refractivity contribution in [3.8, 4) is 5.75 Å². The lowest BCUT2D eigenvalue weighted by atomic mass is 10.1. The minimum absolute atomic E-state index is 0.136. The third-order valence-electron chi connectivity index (χ3n) is 4.98. The van der Waals surface area contributed by atoms with Gasteiger partial charge in [0.05, 0.1) is 0 Å². The van der Waals surface area contributed by atoms with Gasteiger partial charge in [-0.05, 0) is 68.7 Å². The van der Waals surface area contributed by atoms with Gasteiger partial charge in [-0.15, -0.1) is 0 Å². The summed E-state index contributed by atoms with van der Waals surface area (Å²) < 4.78 is 5.74. The summed E-state index contributed by atoms with van der Waals surface area (Å²) in [5.41, 5.74) is 4.65. The highest BCUT2D eigenvalue weighted by Gasteiger charge is 2.16. The first kappa shape index (κ1) is 22.1. The van der Waals surface area contributed by atoms with Crippen LogP contribution in [-0.2, 0) is 11.2 Å². The second-order valence-electron chi connectivity index (χ2n) is 7.58. The monoisotopic (exact) mass is 416 g/mol. The number of ether oxygens (including phenoxy) is 1. The molecule has 0 aliphatic heterocycles. The molecule has 1 unspecified atom stereocenters. The Hall–Kier alpha value is -3.60. The van der Waals surface area contributed by atoms with Gasteiger partial charge in [0.25, 0.3) is 11.8 Å². The predicted octanol–water partition coefficient (Wildman–Crippen LogP) is 4.68. The molecule has 3 rings (SSSR count). The van der Waals surface area contributed by atoms with Crippen LogP contribution in [0.4, 0.5) is 5.69 Å². The van der Waals surface area contributed by atoms with E-state index in [0.717, 1.165) is 23.2 Å². The van der Waals surface area contributed by atoms with Crippen molar-refractivity contribution in [2.75, 3.05) is 11.9 Å². The number of hydrogen-bond acceptors (Lipinski definition) is 3. The van der Waals surface area contributed by atoms with Gasteiger partial charge < -0.3 is 15.4 Å². The zero-order valence-electron chi connectivity index (χ0n) is 18.1. The zero-order valence-corrected chi connectivity index (χ0v) is 18.1. The first-order chi connectivity index (χ1) is 14.9. The van der Waals surface area contributed by atoms with Crippen molar-refractivity contribution >= 4 is 17.5 Å². The molecule has 3 aromatic rings. The van der Waals surface area contributed by atoms with Crippen molar-refractivity contribution < 1.29 is 14.3 Å². The zero-order chi connectivity index (χ0) is 22.2. The van der Waals surface area contributed by atoms with Gasteiger partial charge in [0.1, 0.15) is 5.75 Å². The molecule has 0 fully saturated rings. The third-order valence-corrected chi connectivity index (χ3v) is 4.98. The predicted molar refractivity (Wildman–Crippen MR) is 124 cm³/mol. The Morgan fingerprint density at radius 1 is 0.935 bits per heavy atom. The summed E-state index contributed by atoms with van der Waals surface area (Å²) in [6.45, 7) is 6.23. The van der Waals surface area contributed by atoms with E-state index in [0.29, 0.717) is 17.9 Å². The number of nitrogens with one attached hydrogen (secondary N) is 2. The summed E-state index contributed by atoms with van der Waals surface area (Å²) in [6.07, 6.45) is 0.104. The standard InChI is InChI=1S/C26H28N2O3/c1-18-9-14-24(19(2)17-18)28-25(29)20(3)31-23-12-10-22(11-13-23)26(30)27-16-15-21-7-5-4-6-8-21/h4-14,17,20H,15-16H2,1-3H3,(H,27,30)(H,28,29). The fourth-order valence-electron chi connectivity index (χ4n) is 3.20. The van der Waals surface area contributed by atoms with Crippen molar-refractivity contribution in [2.24, 2.45) is 0 Å². The van der Waals surface area contributed by atoms with Crippen molar-refractivity contribution in [2.45, 2.75) is 33.3 Å². The average molecular weight is 417 g/mol. The molecule has 0 aliphatic carbocycles.